The number of carbonyl (C=O) groups excluding carboxylic acids is 2. The minimum Gasteiger partial charge on any atom is -0.282 e. The maximum Gasteiger partial charge on any atom is 0.234 e. The van der Waals surface area contributed by atoms with Gasteiger partial charge in [-0.05, 0) is 28.7 Å². The summed E-state index contributed by atoms with van der Waals surface area (Å²) in [5.74, 6) is -0.434. The van der Waals surface area contributed by atoms with E-state index in [9.17, 15) is 9.59 Å². The molecular weight excluding hydrogens is 370 g/mol. The molecule has 0 unspecified atom stereocenters. The third-order valence-electron chi connectivity index (χ3n) is 7.87. The van der Waals surface area contributed by atoms with E-state index in [-0.39, 0.29) is 29.6 Å². The number of likely N-dealkylation sites (tertiary alicyclic amines) is 1. The lowest BCUT2D eigenvalue weighted by atomic mass is 9.48. The van der Waals surface area contributed by atoms with Crippen LogP contribution < -0.4 is 0 Å². The zero-order chi connectivity index (χ0) is 20.9. The molecule has 2 aromatic rings. The molecule has 3 nitrogen and oxygen atoms in total. The summed E-state index contributed by atoms with van der Waals surface area (Å²) in [6.07, 6.45) is 6.94. The first-order valence-corrected chi connectivity index (χ1v) is 11.6. The summed E-state index contributed by atoms with van der Waals surface area (Å²) in [6.45, 7) is 4.98. The first-order chi connectivity index (χ1) is 14.6. The van der Waals surface area contributed by atoms with E-state index < -0.39 is 5.41 Å². The van der Waals surface area contributed by atoms with Crippen molar-refractivity contribution in [2.45, 2.75) is 63.7 Å². The predicted molar refractivity (Wildman–Crippen MR) is 118 cm³/mol. The van der Waals surface area contributed by atoms with Crippen molar-refractivity contribution in [2.75, 3.05) is 6.54 Å². The van der Waals surface area contributed by atoms with E-state index >= 15 is 0 Å². The van der Waals surface area contributed by atoms with Crippen LogP contribution in [0.3, 0.4) is 0 Å². The van der Waals surface area contributed by atoms with Gasteiger partial charge >= 0.3 is 0 Å². The van der Waals surface area contributed by atoms with E-state index in [1.165, 1.54) is 47.9 Å². The van der Waals surface area contributed by atoms with Gasteiger partial charge in [-0.1, -0.05) is 94.5 Å². The molecule has 156 valence electrons. The number of amides is 2. The standard InChI is InChI=1S/C27H31NO2/c1-3-4-5-6-7-12-17-28-25(29)23-22-18-13-8-10-15-20(18)27(2,24(23)26(28)30)21-16-11-9-14-19(21)22/h8-11,13-16,22-24H,3-7,12,17H2,1-2H3/t22?,23-,24+,27?/m0/s1. The molecule has 1 heterocycles. The van der Waals surface area contributed by atoms with Crippen LogP contribution in [0.2, 0.25) is 0 Å². The van der Waals surface area contributed by atoms with Gasteiger partial charge < -0.3 is 0 Å². The average Bonchev–Trinajstić information content (AvgIpc) is 3.02. The van der Waals surface area contributed by atoms with Crippen LogP contribution in [-0.2, 0) is 15.0 Å². The van der Waals surface area contributed by atoms with Gasteiger partial charge in [-0.15, -0.1) is 0 Å². The van der Waals surface area contributed by atoms with Gasteiger partial charge in [0, 0.05) is 17.9 Å². The van der Waals surface area contributed by atoms with Gasteiger partial charge in [0.1, 0.15) is 0 Å². The molecule has 30 heavy (non-hydrogen) atoms. The maximum atomic E-state index is 13.6. The summed E-state index contributed by atoms with van der Waals surface area (Å²) in [6, 6.07) is 16.9. The Morgan fingerprint density at radius 2 is 1.37 bits per heavy atom. The number of imide groups is 1. The highest BCUT2D eigenvalue weighted by molar-refractivity contribution is 6.08. The molecule has 6 rings (SSSR count). The van der Waals surface area contributed by atoms with Gasteiger partial charge in [-0.3, -0.25) is 14.5 Å². The van der Waals surface area contributed by atoms with E-state index in [4.69, 9.17) is 0 Å². The molecule has 2 atom stereocenters. The van der Waals surface area contributed by atoms with Crippen molar-refractivity contribution in [1.82, 2.24) is 4.90 Å². The van der Waals surface area contributed by atoms with Crippen LogP contribution >= 0.6 is 0 Å². The van der Waals surface area contributed by atoms with E-state index in [2.05, 4.69) is 62.4 Å². The van der Waals surface area contributed by atoms with Crippen LogP contribution in [0.15, 0.2) is 48.5 Å². The van der Waals surface area contributed by atoms with Crippen LogP contribution in [0.1, 0.15) is 80.5 Å². The van der Waals surface area contributed by atoms with Crippen LogP contribution in [-0.4, -0.2) is 23.3 Å². The largest absolute Gasteiger partial charge is 0.282 e. The Kier molecular flexibility index (Phi) is 4.80. The first kappa shape index (κ1) is 19.5. The second-order valence-electron chi connectivity index (χ2n) is 9.45. The highest BCUT2D eigenvalue weighted by Gasteiger charge is 2.66. The van der Waals surface area contributed by atoms with Crippen molar-refractivity contribution in [1.29, 1.82) is 0 Å². The Balaban J connectivity index is 1.49. The minimum atomic E-state index is -0.435. The molecule has 0 aromatic heterocycles. The fourth-order valence-corrected chi connectivity index (χ4v) is 6.48. The van der Waals surface area contributed by atoms with Crippen LogP contribution in [0.4, 0.5) is 0 Å². The highest BCUT2D eigenvalue weighted by Crippen LogP contribution is 2.63. The van der Waals surface area contributed by atoms with Crippen molar-refractivity contribution in [3.8, 4) is 0 Å². The minimum absolute atomic E-state index is 0.00442. The highest BCUT2D eigenvalue weighted by atomic mass is 16.2. The molecule has 2 bridgehead atoms. The molecule has 0 saturated carbocycles. The van der Waals surface area contributed by atoms with Crippen LogP contribution in [0.25, 0.3) is 0 Å². The Morgan fingerprint density at radius 3 is 2.00 bits per heavy atom. The van der Waals surface area contributed by atoms with Crippen molar-refractivity contribution in [3.63, 3.8) is 0 Å². The smallest absolute Gasteiger partial charge is 0.234 e. The van der Waals surface area contributed by atoms with Crippen molar-refractivity contribution in [2.24, 2.45) is 11.8 Å². The topological polar surface area (TPSA) is 37.4 Å². The Hall–Kier alpha value is -2.42. The van der Waals surface area contributed by atoms with E-state index in [0.29, 0.717) is 6.54 Å². The van der Waals surface area contributed by atoms with Gasteiger partial charge in [0.05, 0.1) is 11.8 Å². The fraction of sp³-hybridized carbons (Fsp3) is 0.481. The van der Waals surface area contributed by atoms with Crippen LogP contribution in [0.5, 0.6) is 0 Å². The molecule has 3 heteroatoms. The molecule has 1 saturated heterocycles. The summed E-state index contributed by atoms with van der Waals surface area (Å²) in [4.78, 5) is 28.8. The van der Waals surface area contributed by atoms with Crippen molar-refractivity contribution < 1.29 is 9.59 Å². The Morgan fingerprint density at radius 1 is 0.800 bits per heavy atom. The quantitative estimate of drug-likeness (QED) is 0.459. The van der Waals surface area contributed by atoms with Gasteiger partial charge in [-0.25, -0.2) is 0 Å². The molecule has 0 N–H and O–H groups in total. The van der Waals surface area contributed by atoms with E-state index in [1.54, 1.807) is 4.90 Å². The maximum absolute atomic E-state index is 13.6. The van der Waals surface area contributed by atoms with E-state index in [1.807, 2.05) is 0 Å². The third-order valence-corrected chi connectivity index (χ3v) is 7.87. The Bertz CT molecular complexity index is 946. The molecule has 1 fully saturated rings. The molecule has 2 amide bonds. The first-order valence-electron chi connectivity index (χ1n) is 11.6. The number of rotatable bonds is 7. The predicted octanol–water partition coefficient (Wildman–Crippen LogP) is 5.41. The number of benzene rings is 2. The average molecular weight is 402 g/mol. The Labute approximate surface area is 179 Å². The normalized spacial score (nSPS) is 28.5. The summed E-state index contributed by atoms with van der Waals surface area (Å²) < 4.78 is 0. The molecule has 0 spiro atoms. The number of unbranched alkanes of at least 4 members (excludes halogenated alkanes) is 5. The number of carbonyl (C=O) groups is 2. The summed E-state index contributed by atoms with van der Waals surface area (Å²) >= 11 is 0. The zero-order valence-electron chi connectivity index (χ0n) is 18.1. The molecule has 3 aliphatic carbocycles. The van der Waals surface area contributed by atoms with Crippen molar-refractivity contribution in [3.05, 3.63) is 70.8 Å². The van der Waals surface area contributed by atoms with Crippen LogP contribution in [0, 0.1) is 11.8 Å². The second-order valence-corrected chi connectivity index (χ2v) is 9.45. The lowest BCUT2D eigenvalue weighted by Crippen LogP contribution is -2.51. The number of nitrogens with zero attached hydrogens (tertiary/aromatic N) is 1. The van der Waals surface area contributed by atoms with Gasteiger partial charge in [0.2, 0.25) is 11.8 Å². The molecule has 0 radical (unpaired) electrons. The van der Waals surface area contributed by atoms with Gasteiger partial charge in [-0.2, -0.15) is 0 Å². The summed E-state index contributed by atoms with van der Waals surface area (Å²) in [5, 5.41) is 0. The molecular formula is C27H31NO2. The lowest BCUT2D eigenvalue weighted by Gasteiger charge is -2.52. The van der Waals surface area contributed by atoms with Gasteiger partial charge in [0.25, 0.3) is 0 Å². The fourth-order valence-electron chi connectivity index (χ4n) is 6.48. The SMILES string of the molecule is CCCCCCCCN1C(=O)[C@H]2C3c4ccccc4C(C)(c4ccccc43)[C@H]2C1=O. The third kappa shape index (κ3) is 2.57. The van der Waals surface area contributed by atoms with Crippen molar-refractivity contribution >= 4 is 11.8 Å². The molecule has 2 aromatic carbocycles. The zero-order valence-corrected chi connectivity index (χ0v) is 18.1. The summed E-state index contributed by atoms with van der Waals surface area (Å²) in [5.41, 5.74) is 4.51. The van der Waals surface area contributed by atoms with E-state index in [0.717, 1.165) is 12.8 Å². The van der Waals surface area contributed by atoms with Gasteiger partial charge in [0.15, 0.2) is 0 Å². The molecule has 1 aliphatic heterocycles. The second kappa shape index (κ2) is 7.37. The number of hydrogen-bond donors (Lipinski definition) is 0. The monoisotopic (exact) mass is 401 g/mol. The number of hydrogen-bond acceptors (Lipinski definition) is 2. The lowest BCUT2D eigenvalue weighted by molar-refractivity contribution is -0.140. The molecule has 4 aliphatic rings. The summed E-state index contributed by atoms with van der Waals surface area (Å²) in [7, 11) is 0.